The maximum absolute atomic E-state index is 3.07. The number of anilines is 1. The third-order valence-electron chi connectivity index (χ3n) is 19.6. The van der Waals surface area contributed by atoms with Crippen molar-refractivity contribution >= 4 is 98.6 Å². The van der Waals surface area contributed by atoms with Crippen molar-refractivity contribution < 1.29 is 0 Å². The van der Waals surface area contributed by atoms with Gasteiger partial charge in [-0.25, -0.2) is 0 Å². The molecule has 3 nitrogen and oxygen atoms in total. The van der Waals surface area contributed by atoms with Crippen molar-refractivity contribution in [2.75, 3.05) is 4.81 Å². The van der Waals surface area contributed by atoms with Gasteiger partial charge in [-0.15, -0.1) is 11.3 Å². The van der Waals surface area contributed by atoms with Crippen LogP contribution in [0.4, 0.5) is 5.69 Å². The summed E-state index contributed by atoms with van der Waals surface area (Å²) in [4.78, 5) is 3.07. The van der Waals surface area contributed by atoms with E-state index in [1.807, 2.05) is 0 Å². The summed E-state index contributed by atoms with van der Waals surface area (Å²) in [6.45, 7) is 41.1. The lowest BCUT2D eigenvalue weighted by Crippen LogP contribution is -2.70. The molecule has 3 aromatic heterocycles. The van der Waals surface area contributed by atoms with Gasteiger partial charge in [-0.1, -0.05) is 160 Å². The van der Waals surface area contributed by atoms with E-state index < -0.39 is 0 Å². The molecule has 75 heavy (non-hydrogen) atoms. The zero-order valence-electron chi connectivity index (χ0n) is 48.0. The van der Waals surface area contributed by atoms with Crippen molar-refractivity contribution in [2.45, 2.75) is 181 Å². The Morgan fingerprint density at radius 1 is 0.467 bits per heavy atom. The Kier molecular flexibility index (Phi) is 9.29. The lowest BCUT2D eigenvalue weighted by Gasteiger charge is -2.54. The normalized spacial score (nSPS) is 19.6. The summed E-state index contributed by atoms with van der Waals surface area (Å²) < 4.78 is 8.26. The molecule has 0 bridgehead atoms. The fourth-order valence-electron chi connectivity index (χ4n) is 14.9. The minimum Gasteiger partial charge on any atom is -0.400 e. The molecule has 2 unspecified atom stereocenters. The molecule has 1 fully saturated rings. The van der Waals surface area contributed by atoms with E-state index in [2.05, 4.69) is 246 Å². The number of hydrogen-bond acceptors (Lipinski definition) is 2. The van der Waals surface area contributed by atoms with E-state index in [0.717, 1.165) is 0 Å². The fourth-order valence-corrected chi connectivity index (χ4v) is 16.2. The van der Waals surface area contributed by atoms with Crippen LogP contribution in [-0.4, -0.2) is 21.5 Å². The second-order valence-electron chi connectivity index (χ2n) is 29.4. The molecule has 14 rings (SSSR count). The summed E-state index contributed by atoms with van der Waals surface area (Å²) in [5.74, 6) is 0. The van der Waals surface area contributed by atoms with Crippen molar-refractivity contribution in [3.63, 3.8) is 0 Å². The lowest BCUT2D eigenvalue weighted by atomic mass is 9.42. The van der Waals surface area contributed by atoms with Gasteiger partial charge in [0.2, 0.25) is 0 Å². The molecule has 1 saturated carbocycles. The zero-order chi connectivity index (χ0) is 52.8. The van der Waals surface area contributed by atoms with Gasteiger partial charge in [0.25, 0.3) is 0 Å². The van der Waals surface area contributed by atoms with Crippen LogP contribution in [0.1, 0.15) is 177 Å². The molecule has 0 radical (unpaired) electrons. The third-order valence-corrected chi connectivity index (χ3v) is 20.8. The first-order valence-corrected chi connectivity index (χ1v) is 29.1. The number of hydrogen-bond donors (Lipinski definition) is 0. The highest BCUT2D eigenvalue weighted by Crippen LogP contribution is 2.65. The topological polar surface area (TPSA) is 13.1 Å². The molecular weight excluding hydrogens is 926 g/mol. The van der Waals surface area contributed by atoms with E-state index >= 15 is 0 Å². The van der Waals surface area contributed by atoms with Crippen LogP contribution >= 0.6 is 11.3 Å². The molecule has 4 aliphatic rings. The highest BCUT2D eigenvalue weighted by atomic mass is 32.1. The monoisotopic (exact) mass is 1000 g/mol. The summed E-state index contributed by atoms with van der Waals surface area (Å²) in [5, 5.41) is 8.20. The molecule has 5 heteroatoms. The number of aromatic nitrogens is 2. The highest BCUT2D eigenvalue weighted by molar-refractivity contribution is 7.26. The van der Waals surface area contributed by atoms with E-state index in [0.29, 0.717) is 0 Å². The van der Waals surface area contributed by atoms with Gasteiger partial charge < -0.3 is 13.9 Å². The van der Waals surface area contributed by atoms with Crippen LogP contribution in [0.5, 0.6) is 0 Å². The van der Waals surface area contributed by atoms with Gasteiger partial charge in [0.15, 0.2) is 0 Å². The second kappa shape index (κ2) is 14.6. The van der Waals surface area contributed by atoms with Gasteiger partial charge in [0.1, 0.15) is 0 Å². The summed E-state index contributed by atoms with van der Waals surface area (Å²) in [6, 6.07) is 42.5. The van der Waals surface area contributed by atoms with E-state index in [4.69, 9.17) is 0 Å². The zero-order valence-corrected chi connectivity index (χ0v) is 48.8. The number of thiophene rings is 1. The average molecular weight is 1000 g/mol. The van der Waals surface area contributed by atoms with Crippen LogP contribution in [0.25, 0.3) is 86.3 Å². The molecule has 7 aromatic carbocycles. The van der Waals surface area contributed by atoms with Crippen LogP contribution in [0.2, 0.25) is 0 Å². The molecule has 3 aliphatic heterocycles. The summed E-state index contributed by atoms with van der Waals surface area (Å²) >= 11 is 2.06. The van der Waals surface area contributed by atoms with Gasteiger partial charge in [-0.05, 0) is 158 Å². The molecule has 0 N–H and O–H groups in total. The van der Waals surface area contributed by atoms with Gasteiger partial charge in [-0.3, -0.25) is 0 Å². The second-order valence-corrected chi connectivity index (χ2v) is 30.5. The fraction of sp³-hybridized carbons (Fsp3) is 0.400. The smallest absolute Gasteiger partial charge is 0.328 e. The number of benzene rings is 7. The minimum absolute atomic E-state index is 0.00305. The van der Waals surface area contributed by atoms with Crippen molar-refractivity contribution in [1.82, 2.24) is 9.13 Å². The molecule has 6 heterocycles. The Balaban J connectivity index is 1.16. The Bertz CT molecular complexity index is 4180. The molecule has 10 aromatic rings. The van der Waals surface area contributed by atoms with Crippen molar-refractivity contribution in [2.24, 2.45) is 0 Å². The van der Waals surface area contributed by atoms with Crippen molar-refractivity contribution in [3.8, 4) is 22.5 Å². The Hall–Kier alpha value is -5.78. The van der Waals surface area contributed by atoms with Crippen LogP contribution in [0, 0.1) is 0 Å². The maximum Gasteiger partial charge on any atom is 0.328 e. The molecule has 0 amide bonds. The molecular formula is C70H76BN3S. The largest absolute Gasteiger partial charge is 0.400 e. The Labute approximate surface area is 450 Å². The highest BCUT2D eigenvalue weighted by Gasteiger charge is 2.63. The van der Waals surface area contributed by atoms with Crippen LogP contribution in [0.3, 0.4) is 0 Å². The van der Waals surface area contributed by atoms with Crippen LogP contribution in [-0.2, 0) is 32.5 Å². The van der Waals surface area contributed by atoms with E-state index in [9.17, 15) is 0 Å². The molecule has 0 spiro atoms. The number of nitrogens with zero attached hydrogens (tertiary/aromatic N) is 3. The first-order chi connectivity index (χ1) is 35.1. The minimum atomic E-state index is -0.0946. The van der Waals surface area contributed by atoms with E-state index in [1.165, 1.54) is 156 Å². The van der Waals surface area contributed by atoms with Crippen LogP contribution in [0.15, 0.2) is 103 Å². The SMILES string of the molecule is CC(C)(C)c1ccc(-n2c3ccc(C(C)(C)C)cc3c3cc4c(cc32)c2cc(C(C)(C)C)cc3c2n4-c2cc(C(C)(C)C)cc4c2B3N2c3c-4cc4c(sc5ccc(C(C)(C)C)cc54)c3C3(C)CCCCC23C)cc1. The Morgan fingerprint density at radius 3 is 1.67 bits per heavy atom. The first-order valence-electron chi connectivity index (χ1n) is 28.3. The lowest BCUT2D eigenvalue weighted by molar-refractivity contribution is 0.200. The summed E-state index contributed by atoms with van der Waals surface area (Å²) in [5.41, 5.74) is 23.5. The molecule has 2 atom stereocenters. The van der Waals surface area contributed by atoms with Gasteiger partial charge >= 0.3 is 6.85 Å². The van der Waals surface area contributed by atoms with Gasteiger partial charge in [0, 0.05) is 80.9 Å². The third kappa shape index (κ3) is 6.28. The van der Waals surface area contributed by atoms with Gasteiger partial charge in [-0.2, -0.15) is 0 Å². The predicted octanol–water partition coefficient (Wildman–Crippen LogP) is 18.2. The number of rotatable bonds is 1. The van der Waals surface area contributed by atoms with E-state index in [1.54, 1.807) is 5.56 Å². The quantitative estimate of drug-likeness (QED) is 0.149. The average Bonchev–Trinajstić information content (AvgIpc) is 4.02. The molecule has 1 aliphatic carbocycles. The number of fused-ring (bicyclic) bond motifs is 17. The first kappa shape index (κ1) is 47.7. The molecule has 380 valence electrons. The molecule has 0 saturated heterocycles. The van der Waals surface area contributed by atoms with Crippen molar-refractivity contribution in [1.29, 1.82) is 0 Å². The van der Waals surface area contributed by atoms with Gasteiger partial charge in [0.05, 0.1) is 22.1 Å². The maximum atomic E-state index is 3.07. The summed E-state index contributed by atoms with van der Waals surface area (Å²) in [6.07, 6.45) is 4.90. The standard InChI is InChI=1S/C70H76BN3S/c1-64(2,3)39-20-24-44(25-21-39)72-54-26-22-40(65(4,5)6)30-45(54)46-37-56-47(38-55(46)72)50-33-42(67(10,11)12)34-53-61(50)73(56)57-35-43(68(13,14)15)32-49-51-36-52-48-31-41(66(7,8)9)23-27-58(48)75-63(52)59-62(51)74(71(53)60(49)57)70(17)29-19-18-28-69(59,70)16/h20-27,30-38H,18-19,28-29H2,1-17H3. The predicted molar refractivity (Wildman–Crippen MR) is 329 cm³/mol. The summed E-state index contributed by atoms with van der Waals surface area (Å²) in [7, 11) is 0. The van der Waals surface area contributed by atoms with Crippen LogP contribution < -0.4 is 15.7 Å². The Morgan fingerprint density at radius 2 is 1.01 bits per heavy atom. The van der Waals surface area contributed by atoms with E-state index in [-0.39, 0.29) is 44.9 Å². The van der Waals surface area contributed by atoms with Crippen molar-refractivity contribution in [3.05, 3.63) is 137 Å².